The highest BCUT2D eigenvalue weighted by molar-refractivity contribution is 5.70. The molecule has 31 heavy (non-hydrogen) atoms. The van der Waals surface area contributed by atoms with Gasteiger partial charge in [0.25, 0.3) is 0 Å². The number of hydrogen-bond acceptors (Lipinski definition) is 6. The van der Waals surface area contributed by atoms with Crippen LogP contribution in [0.25, 0.3) is 0 Å². The summed E-state index contributed by atoms with van der Waals surface area (Å²) >= 11 is 0. The molecule has 0 atom stereocenters. The van der Waals surface area contributed by atoms with Crippen molar-refractivity contribution in [2.75, 3.05) is 6.61 Å². The summed E-state index contributed by atoms with van der Waals surface area (Å²) in [5.41, 5.74) is -0.475. The van der Waals surface area contributed by atoms with Crippen LogP contribution in [0.5, 0.6) is 5.75 Å². The van der Waals surface area contributed by atoms with E-state index in [4.69, 9.17) is 4.74 Å². The van der Waals surface area contributed by atoms with Gasteiger partial charge in [0.2, 0.25) is 0 Å². The van der Waals surface area contributed by atoms with Crippen molar-refractivity contribution in [3.8, 4) is 5.75 Å². The Labute approximate surface area is 180 Å². The highest BCUT2D eigenvalue weighted by atomic mass is 16.5. The van der Waals surface area contributed by atoms with E-state index in [1.807, 2.05) is 42.9 Å². The van der Waals surface area contributed by atoms with Crippen LogP contribution in [0.15, 0.2) is 26.5 Å². The molecule has 0 spiro atoms. The van der Waals surface area contributed by atoms with Gasteiger partial charge in [-0.2, -0.15) is 0 Å². The van der Waals surface area contributed by atoms with Crippen LogP contribution in [0.4, 0.5) is 0 Å². The number of phenols is 1. The van der Waals surface area contributed by atoms with Crippen LogP contribution in [-0.4, -0.2) is 32.2 Å². The number of aromatic amines is 2. The molecule has 0 aliphatic heterocycles. The Hall–Kier alpha value is -3.10. The summed E-state index contributed by atoms with van der Waals surface area (Å²) in [7, 11) is 0. The number of carbonyl (C=O) groups is 1. The molecular formula is C22H31N3O6. The quantitative estimate of drug-likeness (QED) is 0.594. The zero-order valence-corrected chi connectivity index (χ0v) is 18.9. The Balaban J connectivity index is 2.09. The summed E-state index contributed by atoms with van der Waals surface area (Å²) in [6, 6.07) is 3.92. The van der Waals surface area contributed by atoms with Crippen molar-refractivity contribution in [2.45, 2.75) is 71.8 Å². The standard InChI is InChI=1S/C22H31N3O6/c1-21(2,3)14-11-13(17(27)15(12-14)22(4,5)6)7-8-16(26)31-10-9-25-19(29)23-18(28)24-20(25)30/h11-12,27H,7-10H2,1-6H3,(H2,23,24,28,29,30). The Morgan fingerprint density at radius 1 is 1.00 bits per heavy atom. The van der Waals surface area contributed by atoms with E-state index in [-0.39, 0.29) is 42.6 Å². The minimum Gasteiger partial charge on any atom is -0.507 e. The summed E-state index contributed by atoms with van der Waals surface area (Å²) in [5.74, 6) is -0.341. The van der Waals surface area contributed by atoms with Gasteiger partial charge in [-0.25, -0.2) is 19.0 Å². The fourth-order valence-corrected chi connectivity index (χ4v) is 3.11. The molecule has 9 heteroatoms. The number of carbonyl (C=O) groups excluding carboxylic acids is 1. The normalized spacial score (nSPS) is 12.1. The number of rotatable bonds is 6. The molecule has 0 radical (unpaired) electrons. The summed E-state index contributed by atoms with van der Waals surface area (Å²) in [6.07, 6.45) is 0.318. The van der Waals surface area contributed by atoms with E-state index < -0.39 is 23.0 Å². The molecule has 0 aliphatic carbocycles. The average molecular weight is 434 g/mol. The molecule has 0 saturated heterocycles. The lowest BCUT2D eigenvalue weighted by atomic mass is 9.78. The number of esters is 1. The second kappa shape index (κ2) is 8.95. The van der Waals surface area contributed by atoms with E-state index >= 15 is 0 Å². The van der Waals surface area contributed by atoms with Gasteiger partial charge in [0.05, 0.1) is 6.54 Å². The molecule has 0 saturated carbocycles. The Kier molecular flexibility index (Phi) is 6.98. The Morgan fingerprint density at radius 2 is 1.58 bits per heavy atom. The van der Waals surface area contributed by atoms with Crippen LogP contribution in [0, 0.1) is 0 Å². The maximum Gasteiger partial charge on any atom is 0.333 e. The molecule has 0 aliphatic rings. The van der Waals surface area contributed by atoms with Crippen molar-refractivity contribution < 1.29 is 14.6 Å². The predicted molar refractivity (Wildman–Crippen MR) is 117 cm³/mol. The SMILES string of the molecule is CC(C)(C)c1cc(CCC(=O)OCCn2c(=O)[nH]c(=O)[nH]c2=O)c(O)c(C(C)(C)C)c1. The lowest BCUT2D eigenvalue weighted by Gasteiger charge is -2.27. The molecule has 2 aromatic rings. The topological polar surface area (TPSA) is 134 Å². The minimum absolute atomic E-state index is 0.0294. The monoisotopic (exact) mass is 433 g/mol. The molecule has 2 rings (SSSR count). The first-order valence-electron chi connectivity index (χ1n) is 10.2. The first-order valence-corrected chi connectivity index (χ1v) is 10.2. The fourth-order valence-electron chi connectivity index (χ4n) is 3.11. The number of H-pyrrole nitrogens is 2. The van der Waals surface area contributed by atoms with Crippen molar-refractivity contribution in [1.29, 1.82) is 0 Å². The molecule has 0 bridgehead atoms. The largest absolute Gasteiger partial charge is 0.507 e. The zero-order chi connectivity index (χ0) is 23.6. The van der Waals surface area contributed by atoms with Crippen molar-refractivity contribution in [1.82, 2.24) is 14.5 Å². The van der Waals surface area contributed by atoms with Gasteiger partial charge in [0, 0.05) is 6.42 Å². The second-order valence-corrected chi connectivity index (χ2v) is 9.59. The average Bonchev–Trinajstić information content (AvgIpc) is 2.61. The van der Waals surface area contributed by atoms with Crippen molar-refractivity contribution in [3.05, 3.63) is 60.3 Å². The molecule has 1 aromatic heterocycles. The number of aromatic nitrogens is 3. The van der Waals surface area contributed by atoms with Crippen LogP contribution in [0.1, 0.15) is 64.7 Å². The molecule has 3 N–H and O–H groups in total. The van der Waals surface area contributed by atoms with E-state index in [0.29, 0.717) is 5.56 Å². The minimum atomic E-state index is -0.893. The first-order chi connectivity index (χ1) is 14.2. The highest BCUT2D eigenvalue weighted by Gasteiger charge is 2.25. The van der Waals surface area contributed by atoms with Gasteiger partial charge < -0.3 is 9.84 Å². The second-order valence-electron chi connectivity index (χ2n) is 9.59. The van der Waals surface area contributed by atoms with E-state index in [0.717, 1.165) is 15.7 Å². The number of phenolic OH excluding ortho intramolecular Hbond substituents is 1. The van der Waals surface area contributed by atoms with Crippen LogP contribution in [0.2, 0.25) is 0 Å². The molecule has 170 valence electrons. The lowest BCUT2D eigenvalue weighted by Crippen LogP contribution is -2.44. The molecular weight excluding hydrogens is 402 g/mol. The number of nitrogens with zero attached hydrogens (tertiary/aromatic N) is 1. The molecule has 1 aromatic carbocycles. The number of benzene rings is 1. The summed E-state index contributed by atoms with van der Waals surface area (Å²) in [4.78, 5) is 50.3. The summed E-state index contributed by atoms with van der Waals surface area (Å²) in [6.45, 7) is 11.9. The molecule has 1 heterocycles. The maximum absolute atomic E-state index is 12.2. The maximum atomic E-state index is 12.2. The van der Waals surface area contributed by atoms with E-state index in [1.54, 1.807) is 0 Å². The van der Waals surface area contributed by atoms with Crippen molar-refractivity contribution >= 4 is 5.97 Å². The third-order valence-electron chi connectivity index (χ3n) is 4.97. The third-order valence-corrected chi connectivity index (χ3v) is 4.97. The number of aryl methyl sites for hydroxylation is 1. The Morgan fingerprint density at radius 3 is 2.10 bits per heavy atom. The smallest absolute Gasteiger partial charge is 0.333 e. The van der Waals surface area contributed by atoms with Gasteiger partial charge in [-0.3, -0.25) is 14.8 Å². The number of ether oxygens (including phenoxy) is 1. The lowest BCUT2D eigenvalue weighted by molar-refractivity contribution is -0.143. The first kappa shape index (κ1) is 24.2. The van der Waals surface area contributed by atoms with Gasteiger partial charge in [-0.1, -0.05) is 53.7 Å². The van der Waals surface area contributed by atoms with Gasteiger partial charge in [0.1, 0.15) is 12.4 Å². The molecule has 9 nitrogen and oxygen atoms in total. The summed E-state index contributed by atoms with van der Waals surface area (Å²) < 4.78 is 5.86. The predicted octanol–water partition coefficient (Wildman–Crippen LogP) is 1.70. The van der Waals surface area contributed by atoms with E-state index in [9.17, 15) is 24.3 Å². The van der Waals surface area contributed by atoms with Crippen LogP contribution < -0.4 is 17.1 Å². The highest BCUT2D eigenvalue weighted by Crippen LogP contribution is 2.38. The molecule has 0 unspecified atom stereocenters. The van der Waals surface area contributed by atoms with Gasteiger partial charge in [0.15, 0.2) is 0 Å². The van der Waals surface area contributed by atoms with Crippen LogP contribution >= 0.6 is 0 Å². The third kappa shape index (κ3) is 6.19. The van der Waals surface area contributed by atoms with Gasteiger partial charge >= 0.3 is 23.0 Å². The van der Waals surface area contributed by atoms with Crippen LogP contribution in [0.3, 0.4) is 0 Å². The van der Waals surface area contributed by atoms with Gasteiger partial charge in [-0.15, -0.1) is 0 Å². The van der Waals surface area contributed by atoms with Crippen molar-refractivity contribution in [3.63, 3.8) is 0 Å². The van der Waals surface area contributed by atoms with E-state index in [1.165, 1.54) is 0 Å². The van der Waals surface area contributed by atoms with E-state index in [2.05, 4.69) is 20.8 Å². The van der Waals surface area contributed by atoms with Crippen LogP contribution in [-0.2, 0) is 33.3 Å². The Bertz CT molecular complexity index is 1090. The number of nitrogens with one attached hydrogen (secondary N) is 2. The molecule has 0 amide bonds. The van der Waals surface area contributed by atoms with Crippen molar-refractivity contribution in [2.24, 2.45) is 0 Å². The molecule has 0 fully saturated rings. The fraction of sp³-hybridized carbons (Fsp3) is 0.545. The number of hydrogen-bond donors (Lipinski definition) is 3. The zero-order valence-electron chi connectivity index (χ0n) is 18.9. The number of aromatic hydroxyl groups is 1. The van der Waals surface area contributed by atoms with Gasteiger partial charge in [-0.05, 0) is 33.9 Å². The summed E-state index contributed by atoms with van der Waals surface area (Å²) in [5, 5.41) is 10.8.